The first-order valence-corrected chi connectivity index (χ1v) is 8.41. The fraction of sp³-hybridized carbons (Fsp3) is 1.00. The fourth-order valence-corrected chi connectivity index (χ4v) is 3.88. The minimum absolute atomic E-state index is 0.306. The molecule has 112 valence electrons. The lowest BCUT2D eigenvalue weighted by molar-refractivity contribution is 0.128. The predicted molar refractivity (Wildman–Crippen MR) is 80.3 cm³/mol. The number of nitrogens with one attached hydrogen (secondary N) is 1. The minimum atomic E-state index is 0.306. The molecular formula is C16H32N2O. The molecule has 1 aliphatic carbocycles. The highest BCUT2D eigenvalue weighted by Gasteiger charge is 2.25. The first kappa shape index (κ1) is 15.3. The van der Waals surface area contributed by atoms with Crippen LogP contribution in [0.4, 0.5) is 0 Å². The van der Waals surface area contributed by atoms with E-state index in [1.807, 2.05) is 0 Å². The Morgan fingerprint density at radius 3 is 2.68 bits per heavy atom. The third-order valence-electron chi connectivity index (χ3n) is 5.16. The van der Waals surface area contributed by atoms with E-state index in [0.717, 1.165) is 19.0 Å². The zero-order valence-electron chi connectivity index (χ0n) is 12.6. The molecule has 2 rings (SSSR count). The molecule has 19 heavy (non-hydrogen) atoms. The van der Waals surface area contributed by atoms with Gasteiger partial charge in [-0.3, -0.25) is 4.90 Å². The summed E-state index contributed by atoms with van der Waals surface area (Å²) in [5, 5.41) is 12.9. The van der Waals surface area contributed by atoms with Crippen LogP contribution in [-0.2, 0) is 0 Å². The van der Waals surface area contributed by atoms with Gasteiger partial charge in [-0.05, 0) is 44.6 Å². The summed E-state index contributed by atoms with van der Waals surface area (Å²) in [5.41, 5.74) is 0. The van der Waals surface area contributed by atoms with Crippen LogP contribution in [0.2, 0.25) is 0 Å². The lowest BCUT2D eigenvalue weighted by Gasteiger charge is -2.32. The van der Waals surface area contributed by atoms with Crippen LogP contribution in [-0.4, -0.2) is 48.3 Å². The SMILES string of the molecule is CCC1CCCC(N(CCO)CC2CCCN2)CC1. The van der Waals surface area contributed by atoms with Crippen LogP contribution < -0.4 is 5.32 Å². The number of rotatable bonds is 6. The molecule has 2 N–H and O–H groups in total. The Morgan fingerprint density at radius 1 is 1.11 bits per heavy atom. The summed E-state index contributed by atoms with van der Waals surface area (Å²) in [6, 6.07) is 1.38. The normalized spacial score (nSPS) is 32.7. The smallest absolute Gasteiger partial charge is 0.0558 e. The molecule has 0 spiro atoms. The number of nitrogens with zero attached hydrogens (tertiary/aromatic N) is 1. The summed E-state index contributed by atoms with van der Waals surface area (Å²) in [5.74, 6) is 0.950. The van der Waals surface area contributed by atoms with Crippen molar-refractivity contribution in [2.45, 2.75) is 70.4 Å². The summed E-state index contributed by atoms with van der Waals surface area (Å²) in [7, 11) is 0. The van der Waals surface area contributed by atoms with Gasteiger partial charge in [-0.25, -0.2) is 0 Å². The highest BCUT2D eigenvalue weighted by Crippen LogP contribution is 2.28. The topological polar surface area (TPSA) is 35.5 Å². The van der Waals surface area contributed by atoms with Gasteiger partial charge >= 0.3 is 0 Å². The van der Waals surface area contributed by atoms with E-state index in [0.29, 0.717) is 18.7 Å². The first-order chi connectivity index (χ1) is 9.33. The van der Waals surface area contributed by atoms with Crippen LogP contribution >= 0.6 is 0 Å². The standard InChI is InChI=1S/C16H32N2O/c1-2-14-5-3-7-16(9-8-14)18(11-12-19)13-15-6-4-10-17-15/h14-17,19H,2-13H2,1H3. The molecule has 1 heterocycles. The quantitative estimate of drug-likeness (QED) is 0.726. The molecule has 3 nitrogen and oxygen atoms in total. The zero-order valence-corrected chi connectivity index (χ0v) is 12.6. The second-order valence-corrected chi connectivity index (χ2v) is 6.45. The first-order valence-electron chi connectivity index (χ1n) is 8.41. The molecule has 3 unspecified atom stereocenters. The van der Waals surface area contributed by atoms with Crippen LogP contribution in [0.5, 0.6) is 0 Å². The van der Waals surface area contributed by atoms with Crippen molar-refractivity contribution in [1.29, 1.82) is 0 Å². The van der Waals surface area contributed by atoms with Crippen LogP contribution in [0.15, 0.2) is 0 Å². The minimum Gasteiger partial charge on any atom is -0.395 e. The highest BCUT2D eigenvalue weighted by molar-refractivity contribution is 4.83. The summed E-state index contributed by atoms with van der Waals surface area (Å²) in [6.45, 7) is 5.82. The molecule has 1 aliphatic heterocycles. The highest BCUT2D eigenvalue weighted by atomic mass is 16.3. The van der Waals surface area contributed by atoms with Gasteiger partial charge in [-0.2, -0.15) is 0 Å². The van der Waals surface area contributed by atoms with E-state index < -0.39 is 0 Å². The Morgan fingerprint density at radius 2 is 2.00 bits per heavy atom. The molecular weight excluding hydrogens is 236 g/mol. The molecule has 2 aliphatic rings. The maximum absolute atomic E-state index is 9.35. The maximum Gasteiger partial charge on any atom is 0.0558 e. The van der Waals surface area contributed by atoms with Gasteiger partial charge in [0.05, 0.1) is 6.61 Å². The average Bonchev–Trinajstić information content (AvgIpc) is 2.81. The Labute approximate surface area is 118 Å². The third kappa shape index (κ3) is 4.73. The van der Waals surface area contributed by atoms with E-state index in [1.165, 1.54) is 57.9 Å². The van der Waals surface area contributed by atoms with Gasteiger partial charge in [-0.1, -0.05) is 26.2 Å². The van der Waals surface area contributed by atoms with Crippen molar-refractivity contribution in [3.63, 3.8) is 0 Å². The van der Waals surface area contributed by atoms with Crippen LogP contribution in [0.25, 0.3) is 0 Å². The largest absolute Gasteiger partial charge is 0.395 e. The Balaban J connectivity index is 1.85. The van der Waals surface area contributed by atoms with Gasteiger partial charge in [0, 0.05) is 25.2 Å². The van der Waals surface area contributed by atoms with Gasteiger partial charge in [0.15, 0.2) is 0 Å². The second kappa shape index (κ2) is 8.23. The van der Waals surface area contributed by atoms with Crippen molar-refractivity contribution in [2.24, 2.45) is 5.92 Å². The number of aliphatic hydroxyl groups excluding tert-OH is 1. The van der Waals surface area contributed by atoms with E-state index in [2.05, 4.69) is 17.1 Å². The van der Waals surface area contributed by atoms with E-state index in [9.17, 15) is 5.11 Å². The second-order valence-electron chi connectivity index (χ2n) is 6.45. The third-order valence-corrected chi connectivity index (χ3v) is 5.16. The van der Waals surface area contributed by atoms with Crippen LogP contribution in [0.1, 0.15) is 58.3 Å². The van der Waals surface area contributed by atoms with E-state index in [4.69, 9.17) is 0 Å². The van der Waals surface area contributed by atoms with Crippen molar-refractivity contribution in [3.05, 3.63) is 0 Å². The summed E-state index contributed by atoms with van der Waals surface area (Å²) < 4.78 is 0. The predicted octanol–water partition coefficient (Wildman–Crippen LogP) is 2.39. The Hall–Kier alpha value is -0.120. The van der Waals surface area contributed by atoms with E-state index in [-0.39, 0.29) is 0 Å². The molecule has 1 saturated carbocycles. The van der Waals surface area contributed by atoms with Gasteiger partial charge < -0.3 is 10.4 Å². The van der Waals surface area contributed by atoms with Crippen molar-refractivity contribution in [3.8, 4) is 0 Å². The molecule has 0 radical (unpaired) electrons. The van der Waals surface area contributed by atoms with Crippen LogP contribution in [0, 0.1) is 5.92 Å². The molecule has 3 atom stereocenters. The molecule has 0 amide bonds. The Kier molecular flexibility index (Phi) is 6.62. The number of aliphatic hydroxyl groups is 1. The maximum atomic E-state index is 9.35. The van der Waals surface area contributed by atoms with Crippen molar-refractivity contribution < 1.29 is 5.11 Å². The fourth-order valence-electron chi connectivity index (χ4n) is 3.88. The van der Waals surface area contributed by atoms with Gasteiger partial charge in [-0.15, -0.1) is 0 Å². The molecule has 0 aromatic carbocycles. The average molecular weight is 268 g/mol. The molecule has 2 fully saturated rings. The van der Waals surface area contributed by atoms with Gasteiger partial charge in [0.1, 0.15) is 0 Å². The summed E-state index contributed by atoms with van der Waals surface area (Å²) in [4.78, 5) is 2.57. The van der Waals surface area contributed by atoms with E-state index in [1.54, 1.807) is 0 Å². The van der Waals surface area contributed by atoms with Gasteiger partial charge in [0.25, 0.3) is 0 Å². The number of hydrogen-bond donors (Lipinski definition) is 2. The zero-order chi connectivity index (χ0) is 13.5. The summed E-state index contributed by atoms with van der Waals surface area (Å²) in [6.07, 6.45) is 10.8. The molecule has 3 heteroatoms. The van der Waals surface area contributed by atoms with Crippen molar-refractivity contribution >= 4 is 0 Å². The van der Waals surface area contributed by atoms with Gasteiger partial charge in [0.2, 0.25) is 0 Å². The van der Waals surface area contributed by atoms with Crippen molar-refractivity contribution in [2.75, 3.05) is 26.2 Å². The molecule has 0 bridgehead atoms. The molecule has 0 aromatic heterocycles. The lowest BCUT2D eigenvalue weighted by atomic mass is 9.97. The van der Waals surface area contributed by atoms with Crippen LogP contribution in [0.3, 0.4) is 0 Å². The lowest BCUT2D eigenvalue weighted by Crippen LogP contribution is -2.44. The summed E-state index contributed by atoms with van der Waals surface area (Å²) >= 11 is 0. The number of hydrogen-bond acceptors (Lipinski definition) is 3. The van der Waals surface area contributed by atoms with E-state index >= 15 is 0 Å². The van der Waals surface area contributed by atoms with Crippen molar-refractivity contribution in [1.82, 2.24) is 10.2 Å². The Bertz CT molecular complexity index is 241. The molecule has 0 aromatic rings. The molecule has 1 saturated heterocycles. The monoisotopic (exact) mass is 268 g/mol.